The number of aryl methyl sites for hydroxylation is 1. The summed E-state index contributed by atoms with van der Waals surface area (Å²) < 4.78 is 7.06. The van der Waals surface area contributed by atoms with Crippen molar-refractivity contribution in [2.45, 2.75) is 64.3 Å². The monoisotopic (exact) mass is 295 g/mol. The van der Waals surface area contributed by atoms with Gasteiger partial charge in [-0.3, -0.25) is 4.68 Å². The average molecular weight is 295 g/mol. The smallest absolute Gasteiger partial charge is 0.407 e. The standard InChI is InChI=1S/C14H25N5O2/c1-14(2,3)21-13(20)17-12-9-11(10-12)15-5-4-7-19-8-6-16-18-19/h6,8,11-12,15H,4-5,7,9-10H2,1-3H3,(H,17,20). The molecule has 1 aliphatic rings. The fraction of sp³-hybridized carbons (Fsp3) is 0.786. The lowest BCUT2D eigenvalue weighted by atomic mass is 9.87. The van der Waals surface area contributed by atoms with Crippen LogP contribution in [0.2, 0.25) is 0 Å². The SMILES string of the molecule is CC(C)(C)OC(=O)NC1CC(NCCCn2ccnn2)C1. The molecular weight excluding hydrogens is 270 g/mol. The lowest BCUT2D eigenvalue weighted by Gasteiger charge is -2.36. The summed E-state index contributed by atoms with van der Waals surface area (Å²) in [6.45, 7) is 7.43. The van der Waals surface area contributed by atoms with Gasteiger partial charge in [-0.25, -0.2) is 4.79 Å². The number of carbonyl (C=O) groups excluding carboxylic acids is 1. The molecule has 0 saturated heterocycles. The van der Waals surface area contributed by atoms with Crippen LogP contribution in [0.15, 0.2) is 12.4 Å². The van der Waals surface area contributed by atoms with Gasteiger partial charge in [-0.2, -0.15) is 0 Å². The molecule has 0 atom stereocenters. The average Bonchev–Trinajstić information content (AvgIpc) is 2.81. The highest BCUT2D eigenvalue weighted by atomic mass is 16.6. The highest BCUT2D eigenvalue weighted by Crippen LogP contribution is 2.20. The highest BCUT2D eigenvalue weighted by Gasteiger charge is 2.30. The summed E-state index contributed by atoms with van der Waals surface area (Å²) in [5.74, 6) is 0. The zero-order chi connectivity index (χ0) is 15.3. The van der Waals surface area contributed by atoms with Crippen molar-refractivity contribution >= 4 is 6.09 Å². The van der Waals surface area contributed by atoms with Crippen LogP contribution in [0.25, 0.3) is 0 Å². The number of hydrogen-bond donors (Lipinski definition) is 2. The van der Waals surface area contributed by atoms with Crippen molar-refractivity contribution in [1.29, 1.82) is 0 Å². The maximum Gasteiger partial charge on any atom is 0.407 e. The number of nitrogens with one attached hydrogen (secondary N) is 2. The zero-order valence-corrected chi connectivity index (χ0v) is 13.0. The van der Waals surface area contributed by atoms with Gasteiger partial charge in [0.15, 0.2) is 0 Å². The molecule has 7 heteroatoms. The van der Waals surface area contributed by atoms with Gasteiger partial charge in [0, 0.05) is 24.8 Å². The molecule has 1 fully saturated rings. The van der Waals surface area contributed by atoms with Crippen LogP contribution in [0.1, 0.15) is 40.0 Å². The first kappa shape index (κ1) is 15.8. The van der Waals surface area contributed by atoms with E-state index in [1.165, 1.54) is 0 Å². The lowest BCUT2D eigenvalue weighted by Crippen LogP contribution is -2.53. The number of carbonyl (C=O) groups is 1. The van der Waals surface area contributed by atoms with Crippen LogP contribution in [0.4, 0.5) is 4.79 Å². The fourth-order valence-corrected chi connectivity index (χ4v) is 2.28. The summed E-state index contributed by atoms with van der Waals surface area (Å²) in [6, 6.07) is 0.716. The molecular formula is C14H25N5O2. The number of aromatic nitrogens is 3. The Hall–Kier alpha value is -1.63. The van der Waals surface area contributed by atoms with Crippen molar-refractivity contribution in [2.75, 3.05) is 6.54 Å². The van der Waals surface area contributed by atoms with Crippen LogP contribution in [0, 0.1) is 0 Å². The van der Waals surface area contributed by atoms with Gasteiger partial charge < -0.3 is 15.4 Å². The first-order valence-electron chi connectivity index (χ1n) is 7.49. The van der Waals surface area contributed by atoms with Crippen LogP contribution in [0.3, 0.4) is 0 Å². The largest absolute Gasteiger partial charge is 0.444 e. The predicted octanol–water partition coefficient (Wildman–Crippen LogP) is 1.31. The molecule has 7 nitrogen and oxygen atoms in total. The van der Waals surface area contributed by atoms with Crippen molar-refractivity contribution in [2.24, 2.45) is 0 Å². The molecule has 118 valence electrons. The molecule has 0 spiro atoms. The quantitative estimate of drug-likeness (QED) is 0.773. The van der Waals surface area contributed by atoms with E-state index in [9.17, 15) is 4.79 Å². The minimum atomic E-state index is -0.438. The summed E-state index contributed by atoms with van der Waals surface area (Å²) in [6.07, 6.45) is 6.17. The number of nitrogens with zero attached hydrogens (tertiary/aromatic N) is 3. The summed E-state index contributed by atoms with van der Waals surface area (Å²) in [5.41, 5.74) is -0.438. The summed E-state index contributed by atoms with van der Waals surface area (Å²) >= 11 is 0. The van der Waals surface area contributed by atoms with E-state index >= 15 is 0 Å². The third-order valence-corrected chi connectivity index (χ3v) is 3.33. The Labute approximate surface area is 125 Å². The van der Waals surface area contributed by atoms with Crippen molar-refractivity contribution in [3.05, 3.63) is 12.4 Å². The third-order valence-electron chi connectivity index (χ3n) is 3.33. The minimum absolute atomic E-state index is 0.229. The van der Waals surface area contributed by atoms with Crippen LogP contribution in [-0.2, 0) is 11.3 Å². The van der Waals surface area contributed by atoms with E-state index in [0.29, 0.717) is 6.04 Å². The van der Waals surface area contributed by atoms with Crippen LogP contribution < -0.4 is 10.6 Å². The van der Waals surface area contributed by atoms with E-state index in [0.717, 1.165) is 32.4 Å². The van der Waals surface area contributed by atoms with Gasteiger partial charge in [0.05, 0.1) is 6.20 Å². The first-order valence-corrected chi connectivity index (χ1v) is 7.49. The molecule has 1 amide bonds. The molecule has 0 aliphatic heterocycles. The van der Waals surface area contributed by atoms with Gasteiger partial charge in [0.2, 0.25) is 0 Å². The second-order valence-corrected chi connectivity index (χ2v) is 6.49. The van der Waals surface area contributed by atoms with Crippen molar-refractivity contribution in [1.82, 2.24) is 25.6 Å². The Balaban J connectivity index is 1.50. The normalized spacial score (nSPS) is 21.7. The molecule has 2 N–H and O–H groups in total. The molecule has 1 aromatic rings. The lowest BCUT2D eigenvalue weighted by molar-refractivity contribution is 0.0465. The van der Waals surface area contributed by atoms with E-state index in [-0.39, 0.29) is 12.1 Å². The van der Waals surface area contributed by atoms with E-state index in [4.69, 9.17) is 4.74 Å². The maximum absolute atomic E-state index is 11.6. The summed E-state index contributed by atoms with van der Waals surface area (Å²) in [4.78, 5) is 11.6. The Morgan fingerprint density at radius 3 is 2.76 bits per heavy atom. The van der Waals surface area contributed by atoms with Gasteiger partial charge in [0.1, 0.15) is 5.60 Å². The molecule has 21 heavy (non-hydrogen) atoms. The molecule has 0 aromatic carbocycles. The van der Waals surface area contributed by atoms with Gasteiger partial charge in [-0.05, 0) is 46.6 Å². The molecule has 1 aliphatic carbocycles. The third kappa shape index (κ3) is 5.71. The van der Waals surface area contributed by atoms with Crippen molar-refractivity contribution in [3.63, 3.8) is 0 Å². The van der Waals surface area contributed by atoms with Crippen LogP contribution in [-0.4, -0.2) is 45.3 Å². The molecule has 1 aromatic heterocycles. The zero-order valence-electron chi connectivity index (χ0n) is 13.0. The number of ether oxygens (including phenoxy) is 1. The molecule has 1 heterocycles. The highest BCUT2D eigenvalue weighted by molar-refractivity contribution is 5.68. The number of hydrogen-bond acceptors (Lipinski definition) is 5. The maximum atomic E-state index is 11.6. The Kier molecular flexibility index (Phi) is 5.17. The second kappa shape index (κ2) is 6.89. The first-order chi connectivity index (χ1) is 9.92. The Morgan fingerprint density at radius 2 is 2.14 bits per heavy atom. The van der Waals surface area contributed by atoms with Crippen LogP contribution >= 0.6 is 0 Å². The number of amides is 1. The van der Waals surface area contributed by atoms with Gasteiger partial charge in [0.25, 0.3) is 0 Å². The molecule has 1 saturated carbocycles. The van der Waals surface area contributed by atoms with Gasteiger partial charge >= 0.3 is 6.09 Å². The van der Waals surface area contributed by atoms with Crippen molar-refractivity contribution < 1.29 is 9.53 Å². The Bertz CT molecular complexity index is 435. The van der Waals surface area contributed by atoms with Crippen molar-refractivity contribution in [3.8, 4) is 0 Å². The fourth-order valence-electron chi connectivity index (χ4n) is 2.28. The molecule has 0 bridgehead atoms. The van der Waals surface area contributed by atoms with E-state index < -0.39 is 5.60 Å². The van der Waals surface area contributed by atoms with E-state index in [1.807, 2.05) is 31.6 Å². The Morgan fingerprint density at radius 1 is 1.38 bits per heavy atom. The summed E-state index contributed by atoms with van der Waals surface area (Å²) in [7, 11) is 0. The van der Waals surface area contributed by atoms with E-state index in [2.05, 4.69) is 20.9 Å². The van der Waals surface area contributed by atoms with E-state index in [1.54, 1.807) is 6.20 Å². The molecule has 2 rings (SSSR count). The second-order valence-electron chi connectivity index (χ2n) is 6.49. The van der Waals surface area contributed by atoms with Crippen LogP contribution in [0.5, 0.6) is 0 Å². The molecule has 0 unspecified atom stereocenters. The summed E-state index contributed by atoms with van der Waals surface area (Å²) in [5, 5.41) is 14.1. The minimum Gasteiger partial charge on any atom is -0.444 e. The topological polar surface area (TPSA) is 81.1 Å². The number of alkyl carbamates (subject to hydrolysis) is 1. The number of rotatable bonds is 6. The molecule has 0 radical (unpaired) electrons. The predicted molar refractivity (Wildman–Crippen MR) is 78.8 cm³/mol. The van der Waals surface area contributed by atoms with Gasteiger partial charge in [-0.15, -0.1) is 5.10 Å². The van der Waals surface area contributed by atoms with Gasteiger partial charge in [-0.1, -0.05) is 5.21 Å².